The van der Waals surface area contributed by atoms with Crippen LogP contribution in [0.1, 0.15) is 18.3 Å². The van der Waals surface area contributed by atoms with Crippen LogP contribution < -0.4 is 15.4 Å². The fourth-order valence-electron chi connectivity index (χ4n) is 2.62. The molecule has 1 aromatic carbocycles. The molecule has 0 atom stereocenters. The summed E-state index contributed by atoms with van der Waals surface area (Å²) in [5.74, 6) is 1.88. The Morgan fingerprint density at radius 1 is 1.22 bits per heavy atom. The first-order chi connectivity index (χ1) is 13.0. The standard InChI is InChI=1S/C19H22N6O2/c1-13-9-14(2)25(24-13)19-12-20-11-18(23-19)21-7-8-27-17-6-4-5-16(10-17)22-15(3)26/h4-6,9-12H,7-8H2,1-3H3,(H,21,23)(H,22,26). The van der Waals surface area contributed by atoms with Crippen molar-refractivity contribution in [1.82, 2.24) is 19.7 Å². The fourth-order valence-corrected chi connectivity index (χ4v) is 2.62. The van der Waals surface area contributed by atoms with Crippen LogP contribution in [0.15, 0.2) is 42.7 Å². The van der Waals surface area contributed by atoms with E-state index in [4.69, 9.17) is 4.74 Å². The van der Waals surface area contributed by atoms with Crippen molar-refractivity contribution in [3.05, 3.63) is 54.1 Å². The third kappa shape index (κ3) is 5.04. The first-order valence-corrected chi connectivity index (χ1v) is 8.61. The van der Waals surface area contributed by atoms with Crippen LogP contribution in [0.3, 0.4) is 0 Å². The van der Waals surface area contributed by atoms with Crippen molar-refractivity contribution in [2.75, 3.05) is 23.8 Å². The summed E-state index contributed by atoms with van der Waals surface area (Å²) < 4.78 is 7.47. The van der Waals surface area contributed by atoms with Gasteiger partial charge in [-0.3, -0.25) is 9.78 Å². The first-order valence-electron chi connectivity index (χ1n) is 8.61. The van der Waals surface area contributed by atoms with Crippen molar-refractivity contribution in [1.29, 1.82) is 0 Å². The summed E-state index contributed by atoms with van der Waals surface area (Å²) in [5.41, 5.74) is 2.64. The summed E-state index contributed by atoms with van der Waals surface area (Å²) in [6.45, 7) is 6.38. The predicted octanol–water partition coefficient (Wildman–Crippen LogP) is 2.73. The van der Waals surface area contributed by atoms with Gasteiger partial charge in [0.15, 0.2) is 5.82 Å². The maximum absolute atomic E-state index is 11.1. The normalized spacial score (nSPS) is 10.5. The average Bonchev–Trinajstić information content (AvgIpc) is 2.97. The van der Waals surface area contributed by atoms with Crippen LogP contribution in [-0.4, -0.2) is 38.8 Å². The molecule has 0 bridgehead atoms. The van der Waals surface area contributed by atoms with Gasteiger partial charge in [0, 0.05) is 24.4 Å². The highest BCUT2D eigenvalue weighted by molar-refractivity contribution is 5.88. The van der Waals surface area contributed by atoms with Crippen molar-refractivity contribution < 1.29 is 9.53 Å². The van der Waals surface area contributed by atoms with E-state index in [0.29, 0.717) is 36.2 Å². The lowest BCUT2D eigenvalue weighted by Crippen LogP contribution is -2.14. The number of carbonyl (C=O) groups is 1. The Morgan fingerprint density at radius 2 is 2.07 bits per heavy atom. The lowest BCUT2D eigenvalue weighted by atomic mass is 10.3. The molecule has 2 heterocycles. The Hall–Kier alpha value is -3.42. The van der Waals surface area contributed by atoms with Crippen LogP contribution in [0.5, 0.6) is 5.75 Å². The Bertz CT molecular complexity index is 937. The number of hydrogen-bond acceptors (Lipinski definition) is 6. The van der Waals surface area contributed by atoms with E-state index in [1.54, 1.807) is 23.1 Å². The van der Waals surface area contributed by atoms with Gasteiger partial charge in [0.05, 0.1) is 24.6 Å². The van der Waals surface area contributed by atoms with Gasteiger partial charge in [-0.25, -0.2) is 9.67 Å². The van der Waals surface area contributed by atoms with Crippen LogP contribution in [0.4, 0.5) is 11.5 Å². The zero-order valence-corrected chi connectivity index (χ0v) is 15.6. The van der Waals surface area contributed by atoms with Gasteiger partial charge in [0.2, 0.25) is 5.91 Å². The topological polar surface area (TPSA) is 94.0 Å². The molecule has 2 N–H and O–H groups in total. The molecular formula is C19H22N6O2. The molecule has 1 amide bonds. The smallest absolute Gasteiger partial charge is 0.221 e. The second-order valence-electron chi connectivity index (χ2n) is 6.09. The van der Waals surface area contributed by atoms with Gasteiger partial charge in [-0.1, -0.05) is 6.07 Å². The maximum atomic E-state index is 11.1. The van der Waals surface area contributed by atoms with Crippen molar-refractivity contribution in [3.8, 4) is 11.6 Å². The zero-order valence-electron chi connectivity index (χ0n) is 15.6. The Morgan fingerprint density at radius 3 is 2.81 bits per heavy atom. The molecule has 0 aliphatic rings. The van der Waals surface area contributed by atoms with Gasteiger partial charge < -0.3 is 15.4 Å². The van der Waals surface area contributed by atoms with Gasteiger partial charge in [-0.2, -0.15) is 5.10 Å². The van der Waals surface area contributed by atoms with E-state index in [2.05, 4.69) is 25.7 Å². The predicted molar refractivity (Wildman–Crippen MR) is 103 cm³/mol. The van der Waals surface area contributed by atoms with Gasteiger partial charge >= 0.3 is 0 Å². The number of aryl methyl sites for hydroxylation is 2. The Labute approximate surface area is 157 Å². The van der Waals surface area contributed by atoms with Gasteiger partial charge in [0.25, 0.3) is 0 Å². The number of rotatable bonds is 7. The minimum atomic E-state index is -0.116. The minimum absolute atomic E-state index is 0.116. The summed E-state index contributed by atoms with van der Waals surface area (Å²) in [4.78, 5) is 19.9. The Kier molecular flexibility index (Phi) is 5.65. The number of benzene rings is 1. The minimum Gasteiger partial charge on any atom is -0.492 e. The Balaban J connectivity index is 1.55. The van der Waals surface area contributed by atoms with Crippen molar-refractivity contribution in [2.45, 2.75) is 20.8 Å². The SMILES string of the molecule is CC(=O)Nc1cccc(OCCNc2cncc(-n3nc(C)cc3C)n2)c1. The van der Waals surface area contributed by atoms with E-state index in [-0.39, 0.29) is 5.91 Å². The molecule has 0 aliphatic carbocycles. The number of ether oxygens (including phenoxy) is 1. The molecular weight excluding hydrogens is 344 g/mol. The van der Waals surface area contributed by atoms with Gasteiger partial charge in [-0.15, -0.1) is 0 Å². The van der Waals surface area contributed by atoms with Crippen molar-refractivity contribution in [3.63, 3.8) is 0 Å². The molecule has 8 nitrogen and oxygen atoms in total. The van der Waals surface area contributed by atoms with Gasteiger partial charge in [-0.05, 0) is 32.0 Å². The molecule has 0 unspecified atom stereocenters. The molecule has 0 fully saturated rings. The molecule has 27 heavy (non-hydrogen) atoms. The molecule has 0 aliphatic heterocycles. The molecule has 140 valence electrons. The third-order valence-corrected chi connectivity index (χ3v) is 3.68. The summed E-state index contributed by atoms with van der Waals surface area (Å²) in [6.07, 6.45) is 3.33. The number of hydrogen-bond donors (Lipinski definition) is 2. The van der Waals surface area contributed by atoms with E-state index in [1.165, 1.54) is 6.92 Å². The molecule has 0 saturated carbocycles. The molecule has 2 aromatic heterocycles. The second-order valence-corrected chi connectivity index (χ2v) is 6.09. The van der Waals surface area contributed by atoms with Crippen molar-refractivity contribution >= 4 is 17.4 Å². The van der Waals surface area contributed by atoms with E-state index in [0.717, 1.165) is 11.4 Å². The van der Waals surface area contributed by atoms with Crippen LogP contribution in [-0.2, 0) is 4.79 Å². The highest BCUT2D eigenvalue weighted by Gasteiger charge is 2.06. The number of amides is 1. The second kappa shape index (κ2) is 8.31. The van der Waals surface area contributed by atoms with Gasteiger partial charge in [0.1, 0.15) is 18.2 Å². The summed E-state index contributed by atoms with van der Waals surface area (Å²) >= 11 is 0. The summed E-state index contributed by atoms with van der Waals surface area (Å²) in [5, 5.41) is 10.3. The van der Waals surface area contributed by atoms with Crippen LogP contribution in [0, 0.1) is 13.8 Å². The van der Waals surface area contributed by atoms with E-state index < -0.39 is 0 Å². The zero-order chi connectivity index (χ0) is 19.2. The quantitative estimate of drug-likeness (QED) is 0.625. The molecule has 3 aromatic rings. The highest BCUT2D eigenvalue weighted by atomic mass is 16.5. The van der Waals surface area contributed by atoms with E-state index >= 15 is 0 Å². The molecule has 0 spiro atoms. The van der Waals surface area contributed by atoms with Crippen molar-refractivity contribution in [2.24, 2.45) is 0 Å². The molecule has 0 saturated heterocycles. The lowest BCUT2D eigenvalue weighted by Gasteiger charge is -2.10. The maximum Gasteiger partial charge on any atom is 0.221 e. The molecule has 0 radical (unpaired) electrons. The number of carbonyl (C=O) groups excluding carboxylic acids is 1. The number of aromatic nitrogens is 4. The summed E-state index contributed by atoms with van der Waals surface area (Å²) in [7, 11) is 0. The van der Waals surface area contributed by atoms with E-state index in [1.807, 2.05) is 38.1 Å². The number of anilines is 2. The largest absolute Gasteiger partial charge is 0.492 e. The summed E-state index contributed by atoms with van der Waals surface area (Å²) in [6, 6.07) is 9.26. The molecule has 3 rings (SSSR count). The van der Waals surface area contributed by atoms with Crippen LogP contribution in [0.2, 0.25) is 0 Å². The average molecular weight is 366 g/mol. The number of nitrogens with zero attached hydrogens (tertiary/aromatic N) is 4. The first kappa shape index (κ1) is 18.4. The monoisotopic (exact) mass is 366 g/mol. The van der Waals surface area contributed by atoms with E-state index in [9.17, 15) is 4.79 Å². The highest BCUT2D eigenvalue weighted by Crippen LogP contribution is 2.17. The number of nitrogens with one attached hydrogen (secondary N) is 2. The molecule has 8 heteroatoms. The van der Waals surface area contributed by atoms with Crippen LogP contribution in [0.25, 0.3) is 5.82 Å². The third-order valence-electron chi connectivity index (χ3n) is 3.68. The van der Waals surface area contributed by atoms with Crippen LogP contribution >= 0.6 is 0 Å². The lowest BCUT2D eigenvalue weighted by molar-refractivity contribution is -0.114. The fraction of sp³-hybridized carbons (Fsp3) is 0.263.